The van der Waals surface area contributed by atoms with E-state index in [-0.39, 0.29) is 35.8 Å². The van der Waals surface area contributed by atoms with Crippen LogP contribution >= 0.6 is 24.0 Å². The highest BCUT2D eigenvalue weighted by atomic mass is 127. The molecule has 0 bridgehead atoms. The van der Waals surface area contributed by atoms with E-state index in [4.69, 9.17) is 0 Å². The van der Waals surface area contributed by atoms with E-state index in [2.05, 4.69) is 20.5 Å². The van der Waals surface area contributed by atoms with Gasteiger partial charge in [-0.05, 0) is 65.6 Å². The summed E-state index contributed by atoms with van der Waals surface area (Å²) in [6.45, 7) is 9.43. The maximum atomic E-state index is 11.3. The highest BCUT2D eigenvalue weighted by molar-refractivity contribution is 14.0. The number of likely N-dealkylation sites (tertiary alicyclic amines) is 1. The molecule has 8 heteroatoms. The molecule has 156 valence electrons. The summed E-state index contributed by atoms with van der Waals surface area (Å²) in [6, 6.07) is 0.0895. The number of piperidine rings is 1. The molecular weight excluding hydrogens is 463 g/mol. The Hall–Kier alpha value is -0.0900. The van der Waals surface area contributed by atoms with Gasteiger partial charge in [0.15, 0.2) is 5.96 Å². The van der Waals surface area contributed by atoms with Crippen LogP contribution in [0.5, 0.6) is 0 Å². The number of hydrogen-bond donors (Lipinski definition) is 2. The van der Waals surface area contributed by atoms with Crippen molar-refractivity contribution < 1.29 is 8.42 Å². The van der Waals surface area contributed by atoms with Crippen LogP contribution in [0.2, 0.25) is 0 Å². The van der Waals surface area contributed by atoms with Gasteiger partial charge in [0.1, 0.15) is 9.84 Å². The van der Waals surface area contributed by atoms with Gasteiger partial charge in [-0.15, -0.1) is 24.0 Å². The highest BCUT2D eigenvalue weighted by Gasteiger charge is 2.10. The summed E-state index contributed by atoms with van der Waals surface area (Å²) < 4.78 is 22.5. The number of nitrogens with zero attached hydrogens (tertiary/aromatic N) is 2. The molecule has 1 rings (SSSR count). The first-order chi connectivity index (χ1) is 11.9. The molecule has 2 N–H and O–H groups in total. The van der Waals surface area contributed by atoms with Crippen molar-refractivity contribution in [2.24, 2.45) is 4.99 Å². The van der Waals surface area contributed by atoms with Crippen LogP contribution < -0.4 is 10.6 Å². The smallest absolute Gasteiger partial charge is 0.191 e. The quantitative estimate of drug-likeness (QED) is 0.197. The van der Waals surface area contributed by atoms with Gasteiger partial charge in [-0.3, -0.25) is 4.99 Å². The molecule has 1 fully saturated rings. The fourth-order valence-corrected chi connectivity index (χ4v) is 3.80. The first kappa shape index (κ1) is 25.9. The number of guanidine groups is 1. The maximum Gasteiger partial charge on any atom is 0.191 e. The van der Waals surface area contributed by atoms with Gasteiger partial charge < -0.3 is 15.5 Å². The van der Waals surface area contributed by atoms with E-state index in [9.17, 15) is 8.42 Å². The molecule has 0 aromatic heterocycles. The zero-order valence-corrected chi connectivity index (χ0v) is 19.9. The summed E-state index contributed by atoms with van der Waals surface area (Å²) in [5.41, 5.74) is 0. The van der Waals surface area contributed by atoms with Crippen LogP contribution in [0.25, 0.3) is 0 Å². The largest absolute Gasteiger partial charge is 0.357 e. The zero-order valence-electron chi connectivity index (χ0n) is 16.8. The lowest BCUT2D eigenvalue weighted by Crippen LogP contribution is -2.42. The Kier molecular flexibility index (Phi) is 14.9. The first-order valence-corrected chi connectivity index (χ1v) is 11.9. The van der Waals surface area contributed by atoms with Gasteiger partial charge in [0, 0.05) is 25.4 Å². The number of sulfone groups is 1. The zero-order chi connectivity index (χ0) is 18.5. The molecule has 0 aromatic carbocycles. The molecule has 0 saturated carbocycles. The minimum Gasteiger partial charge on any atom is -0.357 e. The molecule has 26 heavy (non-hydrogen) atoms. The number of aliphatic imine (C=N–C) groups is 1. The average Bonchev–Trinajstić information content (AvgIpc) is 2.56. The monoisotopic (exact) mass is 502 g/mol. The van der Waals surface area contributed by atoms with Gasteiger partial charge in [-0.2, -0.15) is 0 Å². The number of nitrogens with one attached hydrogen (secondary N) is 2. The fourth-order valence-electron chi connectivity index (χ4n) is 3.01. The average molecular weight is 503 g/mol. The van der Waals surface area contributed by atoms with Crippen molar-refractivity contribution in [3.8, 4) is 0 Å². The van der Waals surface area contributed by atoms with Gasteiger partial charge in [0.2, 0.25) is 0 Å². The molecule has 0 aliphatic carbocycles. The van der Waals surface area contributed by atoms with Gasteiger partial charge in [0.05, 0.1) is 5.75 Å². The Bertz CT molecular complexity index is 480. The van der Waals surface area contributed by atoms with Crippen molar-refractivity contribution in [2.75, 3.05) is 44.7 Å². The molecule has 0 amide bonds. The van der Waals surface area contributed by atoms with E-state index in [1.165, 1.54) is 58.0 Å². The molecule has 1 aliphatic heterocycles. The Morgan fingerprint density at radius 1 is 1.15 bits per heavy atom. The standard InChI is InChI=1S/C18H38N4O2S.HI/c1-4-19-18(21-17(2)11-16-25(3,23)24)20-12-7-5-8-13-22-14-9-6-10-15-22;/h17H,4-16H2,1-3H3,(H2,19,20,21);1H. The minimum absolute atomic E-state index is 0. The van der Waals surface area contributed by atoms with E-state index < -0.39 is 9.84 Å². The Morgan fingerprint density at radius 2 is 1.85 bits per heavy atom. The molecule has 6 nitrogen and oxygen atoms in total. The maximum absolute atomic E-state index is 11.3. The predicted octanol–water partition coefficient (Wildman–Crippen LogP) is 2.64. The normalized spacial score (nSPS) is 17.4. The highest BCUT2D eigenvalue weighted by Crippen LogP contribution is 2.09. The lowest BCUT2D eigenvalue weighted by atomic mass is 10.1. The van der Waals surface area contributed by atoms with E-state index in [0.717, 1.165) is 25.5 Å². The van der Waals surface area contributed by atoms with Crippen molar-refractivity contribution in [2.45, 2.75) is 64.8 Å². The number of hydrogen-bond acceptors (Lipinski definition) is 4. The Morgan fingerprint density at radius 3 is 2.46 bits per heavy atom. The van der Waals surface area contributed by atoms with Crippen LogP contribution in [-0.4, -0.2) is 70.1 Å². The first-order valence-electron chi connectivity index (χ1n) is 9.85. The third-order valence-electron chi connectivity index (χ3n) is 4.50. The SMILES string of the molecule is CCNC(=NCCCCCN1CCCCC1)NC(C)CCS(C)(=O)=O.I. The van der Waals surface area contributed by atoms with Crippen molar-refractivity contribution in [1.82, 2.24) is 15.5 Å². The molecule has 1 atom stereocenters. The van der Waals surface area contributed by atoms with Crippen LogP contribution in [0.1, 0.15) is 58.8 Å². The van der Waals surface area contributed by atoms with Gasteiger partial charge in [-0.1, -0.05) is 12.8 Å². The van der Waals surface area contributed by atoms with E-state index >= 15 is 0 Å². The van der Waals surface area contributed by atoms with Gasteiger partial charge in [-0.25, -0.2) is 8.42 Å². The van der Waals surface area contributed by atoms with Crippen LogP contribution in [0.3, 0.4) is 0 Å². The fraction of sp³-hybridized carbons (Fsp3) is 0.944. The molecule has 1 unspecified atom stereocenters. The number of unbranched alkanes of at least 4 members (excludes halogenated alkanes) is 2. The second-order valence-corrected chi connectivity index (χ2v) is 9.45. The second kappa shape index (κ2) is 14.9. The molecule has 0 radical (unpaired) electrons. The lowest BCUT2D eigenvalue weighted by Gasteiger charge is -2.26. The van der Waals surface area contributed by atoms with Crippen LogP contribution in [0, 0.1) is 0 Å². The molecular formula is C18H39IN4O2S. The minimum atomic E-state index is -2.91. The number of halogens is 1. The summed E-state index contributed by atoms with van der Waals surface area (Å²) in [6.07, 6.45) is 9.56. The molecule has 1 aliphatic rings. The van der Waals surface area contributed by atoms with E-state index in [0.29, 0.717) is 6.42 Å². The second-order valence-electron chi connectivity index (χ2n) is 7.19. The number of rotatable bonds is 11. The molecule has 0 spiro atoms. The Labute approximate surface area is 177 Å². The van der Waals surface area contributed by atoms with E-state index in [1.54, 1.807) is 0 Å². The topological polar surface area (TPSA) is 73.8 Å². The molecule has 0 aromatic rings. The van der Waals surface area contributed by atoms with Crippen molar-refractivity contribution >= 4 is 39.8 Å². The van der Waals surface area contributed by atoms with Crippen molar-refractivity contribution in [1.29, 1.82) is 0 Å². The van der Waals surface area contributed by atoms with E-state index in [1.807, 2.05) is 13.8 Å². The third-order valence-corrected chi connectivity index (χ3v) is 5.48. The summed E-state index contributed by atoms with van der Waals surface area (Å²) in [7, 11) is -2.91. The molecule has 1 heterocycles. The summed E-state index contributed by atoms with van der Waals surface area (Å²) >= 11 is 0. The lowest BCUT2D eigenvalue weighted by molar-refractivity contribution is 0.224. The summed E-state index contributed by atoms with van der Waals surface area (Å²) in [5, 5.41) is 6.53. The summed E-state index contributed by atoms with van der Waals surface area (Å²) in [4.78, 5) is 7.20. The van der Waals surface area contributed by atoms with Gasteiger partial charge in [0.25, 0.3) is 0 Å². The molecule has 1 saturated heterocycles. The van der Waals surface area contributed by atoms with Crippen LogP contribution in [-0.2, 0) is 9.84 Å². The van der Waals surface area contributed by atoms with Gasteiger partial charge >= 0.3 is 0 Å². The third kappa shape index (κ3) is 14.0. The van der Waals surface area contributed by atoms with Crippen molar-refractivity contribution in [3.05, 3.63) is 0 Å². The predicted molar refractivity (Wildman–Crippen MR) is 122 cm³/mol. The Balaban J connectivity index is 0.00000625. The van der Waals surface area contributed by atoms with Crippen LogP contribution in [0.4, 0.5) is 0 Å². The van der Waals surface area contributed by atoms with Crippen LogP contribution in [0.15, 0.2) is 4.99 Å². The van der Waals surface area contributed by atoms with Crippen molar-refractivity contribution in [3.63, 3.8) is 0 Å². The summed E-state index contributed by atoms with van der Waals surface area (Å²) in [5.74, 6) is 0.997.